The van der Waals surface area contributed by atoms with Gasteiger partial charge in [0.1, 0.15) is 0 Å². The number of nitrogens with one attached hydrogen (secondary N) is 2. The van der Waals surface area contributed by atoms with E-state index in [4.69, 9.17) is 5.84 Å². The zero-order valence-corrected chi connectivity index (χ0v) is 10.0. The fraction of sp³-hybridized carbons (Fsp3) is 0.182. The third-order valence-corrected chi connectivity index (χ3v) is 2.46. The Kier molecular flexibility index (Phi) is 4.04. The minimum absolute atomic E-state index is 0.108. The molecule has 0 spiro atoms. The van der Waals surface area contributed by atoms with E-state index in [0.29, 0.717) is 13.1 Å². The molecule has 2 rings (SSSR count). The SMILES string of the molecule is NNc1nccc(C(=O)NCCn2cccn2)c1F. The van der Waals surface area contributed by atoms with Gasteiger partial charge in [-0.05, 0) is 12.1 Å². The molecule has 2 aromatic heterocycles. The summed E-state index contributed by atoms with van der Waals surface area (Å²) in [6.45, 7) is 0.848. The van der Waals surface area contributed by atoms with Crippen LogP contribution in [0.1, 0.15) is 10.4 Å². The molecular formula is C11H13FN6O. The molecule has 0 unspecified atom stereocenters. The lowest BCUT2D eigenvalue weighted by Gasteiger charge is -2.08. The van der Waals surface area contributed by atoms with Gasteiger partial charge in [-0.3, -0.25) is 9.48 Å². The molecule has 2 aromatic rings. The number of hydrogen-bond donors (Lipinski definition) is 3. The highest BCUT2D eigenvalue weighted by atomic mass is 19.1. The number of nitrogen functional groups attached to an aromatic ring is 1. The predicted octanol–water partition coefficient (Wildman–Crippen LogP) is 0.133. The van der Waals surface area contributed by atoms with Gasteiger partial charge in [-0.15, -0.1) is 0 Å². The summed E-state index contributed by atoms with van der Waals surface area (Å²) in [5, 5.41) is 6.58. The predicted molar refractivity (Wildman–Crippen MR) is 66.6 cm³/mol. The van der Waals surface area contributed by atoms with Crippen LogP contribution in [0.4, 0.5) is 10.2 Å². The van der Waals surface area contributed by atoms with Crippen molar-refractivity contribution in [2.45, 2.75) is 6.54 Å². The lowest BCUT2D eigenvalue weighted by molar-refractivity contribution is 0.0948. The molecule has 0 aliphatic rings. The Balaban J connectivity index is 1.96. The number of pyridine rings is 1. The molecule has 4 N–H and O–H groups in total. The van der Waals surface area contributed by atoms with Gasteiger partial charge >= 0.3 is 0 Å². The number of nitrogens with zero attached hydrogens (tertiary/aromatic N) is 3. The van der Waals surface area contributed by atoms with Crippen LogP contribution in [-0.4, -0.2) is 27.2 Å². The molecule has 100 valence electrons. The topological polar surface area (TPSA) is 97.9 Å². The second kappa shape index (κ2) is 5.91. The van der Waals surface area contributed by atoms with Gasteiger partial charge in [0, 0.05) is 25.1 Å². The maximum Gasteiger partial charge on any atom is 0.254 e. The second-order valence-corrected chi connectivity index (χ2v) is 3.69. The molecular weight excluding hydrogens is 251 g/mol. The van der Waals surface area contributed by atoms with E-state index < -0.39 is 11.7 Å². The Morgan fingerprint density at radius 2 is 2.32 bits per heavy atom. The lowest BCUT2D eigenvalue weighted by atomic mass is 10.2. The quantitative estimate of drug-likeness (QED) is 0.527. The molecule has 2 heterocycles. The molecule has 8 heteroatoms. The Hall–Kier alpha value is -2.48. The highest BCUT2D eigenvalue weighted by molar-refractivity contribution is 5.95. The first-order valence-electron chi connectivity index (χ1n) is 5.59. The van der Waals surface area contributed by atoms with Gasteiger partial charge in [0.25, 0.3) is 5.91 Å². The van der Waals surface area contributed by atoms with Gasteiger partial charge in [0.2, 0.25) is 0 Å². The van der Waals surface area contributed by atoms with Gasteiger partial charge in [-0.25, -0.2) is 15.2 Å². The number of amides is 1. The van der Waals surface area contributed by atoms with E-state index >= 15 is 0 Å². The minimum Gasteiger partial charge on any atom is -0.350 e. The van der Waals surface area contributed by atoms with Crippen LogP contribution >= 0.6 is 0 Å². The van der Waals surface area contributed by atoms with Crippen molar-refractivity contribution in [2.24, 2.45) is 5.84 Å². The lowest BCUT2D eigenvalue weighted by Crippen LogP contribution is -2.28. The fourth-order valence-corrected chi connectivity index (χ4v) is 1.53. The smallest absolute Gasteiger partial charge is 0.254 e. The zero-order valence-electron chi connectivity index (χ0n) is 10.0. The molecule has 0 saturated heterocycles. The average molecular weight is 264 g/mol. The van der Waals surface area contributed by atoms with Crippen LogP contribution in [0.25, 0.3) is 0 Å². The molecule has 7 nitrogen and oxygen atoms in total. The molecule has 19 heavy (non-hydrogen) atoms. The summed E-state index contributed by atoms with van der Waals surface area (Å²) in [5.74, 6) is 3.62. The van der Waals surface area contributed by atoms with Crippen molar-refractivity contribution in [2.75, 3.05) is 12.0 Å². The van der Waals surface area contributed by atoms with Crippen LogP contribution in [0.3, 0.4) is 0 Å². The highest BCUT2D eigenvalue weighted by Gasteiger charge is 2.14. The highest BCUT2D eigenvalue weighted by Crippen LogP contribution is 2.13. The van der Waals surface area contributed by atoms with E-state index in [1.54, 1.807) is 23.1 Å². The van der Waals surface area contributed by atoms with E-state index in [9.17, 15) is 9.18 Å². The standard InChI is InChI=1S/C11H13FN6O/c12-9-8(2-4-14-10(9)17-13)11(19)15-5-7-18-6-1-3-16-18/h1-4,6H,5,7,13H2,(H,14,17)(H,15,19). The summed E-state index contributed by atoms with van der Waals surface area (Å²) in [7, 11) is 0. The van der Waals surface area contributed by atoms with Gasteiger partial charge in [-0.1, -0.05) is 0 Å². The number of hydrogen-bond acceptors (Lipinski definition) is 5. The number of hydrazine groups is 1. The number of rotatable bonds is 5. The summed E-state index contributed by atoms with van der Waals surface area (Å²) in [6.07, 6.45) is 4.72. The Morgan fingerprint density at radius 1 is 1.47 bits per heavy atom. The van der Waals surface area contributed by atoms with Crippen molar-refractivity contribution < 1.29 is 9.18 Å². The van der Waals surface area contributed by atoms with Crippen molar-refractivity contribution in [3.8, 4) is 0 Å². The third kappa shape index (κ3) is 3.05. The van der Waals surface area contributed by atoms with Crippen LogP contribution < -0.4 is 16.6 Å². The molecule has 1 amide bonds. The van der Waals surface area contributed by atoms with Gasteiger partial charge in [-0.2, -0.15) is 5.10 Å². The Labute approximate surface area is 108 Å². The second-order valence-electron chi connectivity index (χ2n) is 3.69. The first-order chi connectivity index (χ1) is 9.22. The summed E-state index contributed by atoms with van der Waals surface area (Å²) in [5.41, 5.74) is 1.98. The van der Waals surface area contributed by atoms with Crippen LogP contribution in [0.2, 0.25) is 0 Å². The van der Waals surface area contributed by atoms with E-state index in [1.807, 2.05) is 0 Å². The molecule has 0 aromatic carbocycles. The largest absolute Gasteiger partial charge is 0.350 e. The number of nitrogens with two attached hydrogens (primary N) is 1. The van der Waals surface area contributed by atoms with Crippen LogP contribution in [0, 0.1) is 5.82 Å². The minimum atomic E-state index is -0.776. The van der Waals surface area contributed by atoms with E-state index in [-0.39, 0.29) is 11.4 Å². The number of halogens is 1. The molecule has 0 aliphatic heterocycles. The molecule has 0 saturated carbocycles. The van der Waals surface area contributed by atoms with Gasteiger partial charge < -0.3 is 10.7 Å². The van der Waals surface area contributed by atoms with Crippen LogP contribution in [0.5, 0.6) is 0 Å². The Morgan fingerprint density at radius 3 is 3.00 bits per heavy atom. The van der Waals surface area contributed by atoms with E-state index in [0.717, 1.165) is 0 Å². The summed E-state index contributed by atoms with van der Waals surface area (Å²) < 4.78 is 15.4. The van der Waals surface area contributed by atoms with Crippen molar-refractivity contribution in [1.29, 1.82) is 0 Å². The summed E-state index contributed by atoms with van der Waals surface area (Å²) in [6, 6.07) is 3.07. The van der Waals surface area contributed by atoms with Crippen LogP contribution in [-0.2, 0) is 6.54 Å². The molecule has 0 fully saturated rings. The molecule has 0 atom stereocenters. The fourth-order valence-electron chi connectivity index (χ4n) is 1.53. The molecule has 0 radical (unpaired) electrons. The first kappa shape index (κ1) is 13.0. The zero-order chi connectivity index (χ0) is 13.7. The molecule has 0 bridgehead atoms. The molecule has 0 aliphatic carbocycles. The number of anilines is 1. The number of carbonyl (C=O) groups excluding carboxylic acids is 1. The van der Waals surface area contributed by atoms with Crippen molar-refractivity contribution in [3.05, 3.63) is 42.1 Å². The van der Waals surface area contributed by atoms with Gasteiger partial charge in [0.05, 0.1) is 12.1 Å². The maximum atomic E-state index is 13.7. The first-order valence-corrected chi connectivity index (χ1v) is 5.59. The van der Waals surface area contributed by atoms with E-state index in [2.05, 4.69) is 20.8 Å². The Bertz CT molecular complexity index is 556. The average Bonchev–Trinajstić information content (AvgIpc) is 2.92. The summed E-state index contributed by atoms with van der Waals surface area (Å²) >= 11 is 0. The van der Waals surface area contributed by atoms with Gasteiger partial charge in [0.15, 0.2) is 11.6 Å². The third-order valence-electron chi connectivity index (χ3n) is 2.46. The normalized spacial score (nSPS) is 10.2. The van der Waals surface area contributed by atoms with E-state index in [1.165, 1.54) is 12.3 Å². The number of carbonyl (C=O) groups is 1. The van der Waals surface area contributed by atoms with Crippen molar-refractivity contribution in [3.63, 3.8) is 0 Å². The monoisotopic (exact) mass is 264 g/mol. The van der Waals surface area contributed by atoms with Crippen molar-refractivity contribution in [1.82, 2.24) is 20.1 Å². The summed E-state index contributed by atoms with van der Waals surface area (Å²) in [4.78, 5) is 15.4. The maximum absolute atomic E-state index is 13.7. The van der Waals surface area contributed by atoms with Crippen molar-refractivity contribution >= 4 is 11.7 Å². The number of aromatic nitrogens is 3. The van der Waals surface area contributed by atoms with Crippen LogP contribution in [0.15, 0.2) is 30.7 Å².